The van der Waals surface area contributed by atoms with Gasteiger partial charge in [0.25, 0.3) is 5.91 Å². The summed E-state index contributed by atoms with van der Waals surface area (Å²) in [5, 5.41) is 6.73. The summed E-state index contributed by atoms with van der Waals surface area (Å²) in [7, 11) is 0. The Morgan fingerprint density at radius 2 is 2.04 bits per heavy atom. The summed E-state index contributed by atoms with van der Waals surface area (Å²) in [6.45, 7) is 2.72. The van der Waals surface area contributed by atoms with Crippen LogP contribution in [0.2, 0.25) is 5.02 Å². The van der Waals surface area contributed by atoms with Crippen LogP contribution in [0.5, 0.6) is 0 Å². The van der Waals surface area contributed by atoms with Crippen molar-refractivity contribution in [3.63, 3.8) is 0 Å². The molecule has 0 radical (unpaired) electrons. The highest BCUT2D eigenvalue weighted by atomic mass is 35.5. The van der Waals surface area contributed by atoms with Crippen molar-refractivity contribution in [1.29, 1.82) is 0 Å². The van der Waals surface area contributed by atoms with Gasteiger partial charge in [-0.05, 0) is 30.7 Å². The SMILES string of the molecule is CCCCC1C(=O)N(c2ccc(Cl)cc2)N=C1Cn1ccnc1. The van der Waals surface area contributed by atoms with E-state index in [0.717, 1.165) is 30.7 Å². The average Bonchev–Trinajstić information content (AvgIpc) is 3.16. The van der Waals surface area contributed by atoms with Gasteiger partial charge in [-0.1, -0.05) is 31.4 Å². The molecule has 2 heterocycles. The van der Waals surface area contributed by atoms with Crippen LogP contribution in [0.4, 0.5) is 5.69 Å². The Labute approximate surface area is 140 Å². The van der Waals surface area contributed by atoms with Crippen molar-refractivity contribution in [3.8, 4) is 0 Å². The van der Waals surface area contributed by atoms with E-state index in [2.05, 4.69) is 17.0 Å². The number of benzene rings is 1. The van der Waals surface area contributed by atoms with E-state index >= 15 is 0 Å². The van der Waals surface area contributed by atoms with Crippen LogP contribution in [0.15, 0.2) is 48.1 Å². The minimum Gasteiger partial charge on any atom is -0.332 e. The second-order valence-corrected chi connectivity index (χ2v) is 6.08. The number of carbonyl (C=O) groups is 1. The van der Waals surface area contributed by atoms with Crippen LogP contribution >= 0.6 is 11.6 Å². The highest BCUT2D eigenvalue weighted by Gasteiger charge is 2.35. The van der Waals surface area contributed by atoms with E-state index in [4.69, 9.17) is 11.6 Å². The second kappa shape index (κ2) is 6.96. The Morgan fingerprint density at radius 3 is 2.70 bits per heavy atom. The summed E-state index contributed by atoms with van der Waals surface area (Å²) < 4.78 is 1.94. The summed E-state index contributed by atoms with van der Waals surface area (Å²) >= 11 is 5.93. The Bertz CT molecular complexity index is 694. The first kappa shape index (κ1) is 15.7. The number of unbranched alkanes of at least 4 members (excludes halogenated alkanes) is 1. The average molecular weight is 331 g/mol. The lowest BCUT2D eigenvalue weighted by Crippen LogP contribution is -2.28. The van der Waals surface area contributed by atoms with E-state index in [1.54, 1.807) is 24.7 Å². The van der Waals surface area contributed by atoms with Crippen LogP contribution in [0, 0.1) is 5.92 Å². The van der Waals surface area contributed by atoms with E-state index in [1.165, 1.54) is 5.01 Å². The van der Waals surface area contributed by atoms with Crippen LogP contribution in [0.1, 0.15) is 26.2 Å². The summed E-state index contributed by atoms with van der Waals surface area (Å²) in [6.07, 6.45) is 8.25. The zero-order valence-electron chi connectivity index (χ0n) is 13.0. The predicted octanol–water partition coefficient (Wildman–Crippen LogP) is 3.75. The molecule has 6 heteroatoms. The maximum atomic E-state index is 12.8. The molecule has 0 saturated carbocycles. The van der Waals surface area contributed by atoms with Crippen LogP contribution in [0.25, 0.3) is 0 Å². The van der Waals surface area contributed by atoms with E-state index in [1.807, 2.05) is 22.9 Å². The number of hydrogen-bond donors (Lipinski definition) is 0. The fourth-order valence-electron chi connectivity index (χ4n) is 2.71. The number of imidazole rings is 1. The normalized spacial score (nSPS) is 17.7. The minimum atomic E-state index is -0.159. The van der Waals surface area contributed by atoms with Gasteiger partial charge in [0.1, 0.15) is 0 Å². The van der Waals surface area contributed by atoms with Gasteiger partial charge in [-0.3, -0.25) is 4.79 Å². The zero-order valence-corrected chi connectivity index (χ0v) is 13.8. The van der Waals surface area contributed by atoms with E-state index < -0.39 is 0 Å². The van der Waals surface area contributed by atoms with Crippen molar-refractivity contribution in [2.75, 3.05) is 5.01 Å². The molecule has 3 rings (SSSR count). The fourth-order valence-corrected chi connectivity index (χ4v) is 2.84. The summed E-state index contributed by atoms with van der Waals surface area (Å²) in [5.41, 5.74) is 1.64. The first-order valence-electron chi connectivity index (χ1n) is 7.81. The number of anilines is 1. The maximum absolute atomic E-state index is 12.8. The van der Waals surface area contributed by atoms with E-state index in [9.17, 15) is 4.79 Å². The van der Waals surface area contributed by atoms with Gasteiger partial charge in [0.05, 0.1) is 30.2 Å². The minimum absolute atomic E-state index is 0.0379. The number of carbonyl (C=O) groups excluding carboxylic acids is 1. The lowest BCUT2D eigenvalue weighted by molar-refractivity contribution is -0.119. The Kier molecular flexibility index (Phi) is 4.76. The van der Waals surface area contributed by atoms with Gasteiger partial charge in [0.15, 0.2) is 0 Å². The predicted molar refractivity (Wildman–Crippen MR) is 91.6 cm³/mol. The zero-order chi connectivity index (χ0) is 16.2. The number of rotatable bonds is 6. The van der Waals surface area contributed by atoms with Crippen LogP contribution in [0.3, 0.4) is 0 Å². The van der Waals surface area contributed by atoms with E-state index in [0.29, 0.717) is 11.6 Å². The number of nitrogens with zero attached hydrogens (tertiary/aromatic N) is 4. The smallest absolute Gasteiger partial charge is 0.256 e. The number of hydrogen-bond acceptors (Lipinski definition) is 3. The first-order chi connectivity index (χ1) is 11.2. The van der Waals surface area contributed by atoms with Crippen LogP contribution < -0.4 is 5.01 Å². The quantitative estimate of drug-likeness (QED) is 0.810. The molecular weight excluding hydrogens is 312 g/mol. The summed E-state index contributed by atoms with van der Waals surface area (Å²) in [5.74, 6) is -0.121. The van der Waals surface area contributed by atoms with Crippen molar-refractivity contribution in [3.05, 3.63) is 48.0 Å². The Hall–Kier alpha value is -2.14. The van der Waals surface area contributed by atoms with Gasteiger partial charge in [0.2, 0.25) is 0 Å². The van der Waals surface area contributed by atoms with Crippen molar-refractivity contribution in [2.24, 2.45) is 11.0 Å². The molecule has 23 heavy (non-hydrogen) atoms. The van der Waals surface area contributed by atoms with Gasteiger partial charge in [-0.15, -0.1) is 0 Å². The molecule has 0 aliphatic carbocycles. The molecule has 1 aromatic heterocycles. The highest BCUT2D eigenvalue weighted by molar-refractivity contribution is 6.30. The molecule has 1 aliphatic heterocycles. The molecule has 0 saturated heterocycles. The lowest BCUT2D eigenvalue weighted by Gasteiger charge is -2.14. The molecule has 0 fully saturated rings. The molecule has 1 unspecified atom stereocenters. The van der Waals surface area contributed by atoms with Crippen LogP contribution in [-0.4, -0.2) is 21.2 Å². The third-order valence-corrected chi connectivity index (χ3v) is 4.21. The molecule has 120 valence electrons. The molecule has 1 aliphatic rings. The third kappa shape index (κ3) is 3.45. The standard InChI is InChI=1S/C17H19ClN4O/c1-2-3-4-15-16(11-21-10-9-19-12-21)20-22(17(15)23)14-7-5-13(18)6-8-14/h5-10,12,15H,2-4,11H2,1H3. The van der Waals surface area contributed by atoms with Crippen molar-refractivity contribution >= 4 is 28.9 Å². The molecule has 0 bridgehead atoms. The molecule has 0 spiro atoms. The second-order valence-electron chi connectivity index (χ2n) is 5.65. The summed E-state index contributed by atoms with van der Waals surface area (Å²) in [4.78, 5) is 16.8. The van der Waals surface area contributed by atoms with Gasteiger partial charge >= 0.3 is 0 Å². The van der Waals surface area contributed by atoms with Crippen LogP contribution in [-0.2, 0) is 11.3 Å². The maximum Gasteiger partial charge on any atom is 0.256 e. The van der Waals surface area contributed by atoms with Crippen molar-refractivity contribution < 1.29 is 4.79 Å². The van der Waals surface area contributed by atoms with Gasteiger partial charge in [-0.2, -0.15) is 5.10 Å². The molecule has 1 atom stereocenters. The topological polar surface area (TPSA) is 50.5 Å². The highest BCUT2D eigenvalue weighted by Crippen LogP contribution is 2.28. The number of hydrazone groups is 1. The van der Waals surface area contributed by atoms with Crippen molar-refractivity contribution in [1.82, 2.24) is 9.55 Å². The largest absolute Gasteiger partial charge is 0.332 e. The lowest BCUT2D eigenvalue weighted by atomic mass is 9.96. The van der Waals surface area contributed by atoms with Gasteiger partial charge in [0, 0.05) is 17.4 Å². The molecule has 0 N–H and O–H groups in total. The number of halogens is 1. The monoisotopic (exact) mass is 330 g/mol. The Balaban J connectivity index is 1.86. The Morgan fingerprint density at radius 1 is 1.26 bits per heavy atom. The molecule has 2 aromatic rings. The molecule has 5 nitrogen and oxygen atoms in total. The van der Waals surface area contributed by atoms with Gasteiger partial charge < -0.3 is 4.57 Å². The molecular formula is C17H19ClN4O. The van der Waals surface area contributed by atoms with Gasteiger partial charge in [-0.25, -0.2) is 9.99 Å². The van der Waals surface area contributed by atoms with Crippen molar-refractivity contribution in [2.45, 2.75) is 32.7 Å². The summed E-state index contributed by atoms with van der Waals surface area (Å²) in [6, 6.07) is 7.19. The number of aromatic nitrogens is 2. The fraction of sp³-hybridized carbons (Fsp3) is 0.353. The molecule has 1 aromatic carbocycles. The molecule has 1 amide bonds. The van der Waals surface area contributed by atoms with E-state index in [-0.39, 0.29) is 11.8 Å². The third-order valence-electron chi connectivity index (χ3n) is 3.96. The first-order valence-corrected chi connectivity index (χ1v) is 8.19. The number of amides is 1.